The molecule has 2 amide bonds. The molecule has 6 nitrogen and oxygen atoms in total. The number of nitrogens with zero attached hydrogens (tertiary/aromatic N) is 2. The molecule has 106 valence electrons. The largest absolute Gasteiger partial charge is 0.340 e. The van der Waals surface area contributed by atoms with Crippen molar-refractivity contribution in [1.29, 1.82) is 0 Å². The van der Waals surface area contributed by atoms with E-state index in [-0.39, 0.29) is 12.1 Å². The van der Waals surface area contributed by atoms with Crippen LogP contribution in [-0.4, -0.2) is 33.7 Å². The minimum Gasteiger partial charge on any atom is -0.340 e. The Morgan fingerprint density at radius 1 is 1.53 bits per heavy atom. The summed E-state index contributed by atoms with van der Waals surface area (Å²) in [7, 11) is 0. The van der Waals surface area contributed by atoms with E-state index in [2.05, 4.69) is 27.0 Å². The number of amides is 2. The summed E-state index contributed by atoms with van der Waals surface area (Å²) in [4.78, 5) is 15.8. The molecule has 0 saturated heterocycles. The molecule has 0 aromatic carbocycles. The lowest BCUT2D eigenvalue weighted by molar-refractivity contribution is 0.232. The quantitative estimate of drug-likeness (QED) is 0.882. The van der Waals surface area contributed by atoms with Crippen molar-refractivity contribution >= 4 is 17.8 Å². The second-order valence-corrected chi connectivity index (χ2v) is 5.92. The fourth-order valence-corrected chi connectivity index (χ4v) is 3.13. The standard InChI is InChI=1S/C12H20N4O2S/c1-8-14-11(16-18-8)7-13-12(17)15-9-4-3-5-10(6-9)19-2/h9-10H,3-7H2,1-2H3,(H2,13,15,17)/t9-,10-/m1/s1. The van der Waals surface area contributed by atoms with Gasteiger partial charge in [-0.1, -0.05) is 11.6 Å². The van der Waals surface area contributed by atoms with Gasteiger partial charge in [-0.2, -0.15) is 16.7 Å². The predicted octanol–water partition coefficient (Wildman–Crippen LogP) is 1.85. The summed E-state index contributed by atoms with van der Waals surface area (Å²) in [6.45, 7) is 2.02. The highest BCUT2D eigenvalue weighted by atomic mass is 32.2. The fraction of sp³-hybridized carbons (Fsp3) is 0.750. The van der Waals surface area contributed by atoms with Gasteiger partial charge in [0.1, 0.15) is 0 Å². The molecule has 1 aromatic rings. The van der Waals surface area contributed by atoms with Gasteiger partial charge in [0.25, 0.3) is 0 Å². The normalized spacial score (nSPS) is 23.1. The highest BCUT2D eigenvalue weighted by Gasteiger charge is 2.22. The predicted molar refractivity (Wildman–Crippen MR) is 74.0 cm³/mol. The molecule has 2 rings (SSSR count). The van der Waals surface area contributed by atoms with Gasteiger partial charge in [0.05, 0.1) is 6.54 Å². The number of thioether (sulfide) groups is 1. The van der Waals surface area contributed by atoms with Crippen molar-refractivity contribution in [2.45, 2.75) is 50.4 Å². The van der Waals surface area contributed by atoms with Gasteiger partial charge in [-0.3, -0.25) is 0 Å². The summed E-state index contributed by atoms with van der Waals surface area (Å²) in [5.74, 6) is 1.01. The molecule has 1 aliphatic carbocycles. The number of hydrogen-bond acceptors (Lipinski definition) is 5. The van der Waals surface area contributed by atoms with Crippen molar-refractivity contribution in [2.75, 3.05) is 6.26 Å². The number of nitrogens with one attached hydrogen (secondary N) is 2. The van der Waals surface area contributed by atoms with Gasteiger partial charge in [-0.25, -0.2) is 4.79 Å². The first-order valence-corrected chi connectivity index (χ1v) is 7.82. The van der Waals surface area contributed by atoms with Crippen LogP contribution in [0.5, 0.6) is 0 Å². The van der Waals surface area contributed by atoms with Crippen LogP contribution in [0, 0.1) is 6.92 Å². The molecular weight excluding hydrogens is 264 g/mol. The zero-order chi connectivity index (χ0) is 13.7. The summed E-state index contributed by atoms with van der Waals surface area (Å²) in [5.41, 5.74) is 0. The number of carbonyl (C=O) groups is 1. The molecule has 0 radical (unpaired) electrons. The van der Waals surface area contributed by atoms with Gasteiger partial charge in [-0.05, 0) is 25.5 Å². The van der Waals surface area contributed by atoms with E-state index in [0.717, 1.165) is 12.8 Å². The average molecular weight is 284 g/mol. The molecule has 1 fully saturated rings. The number of carbonyl (C=O) groups excluding carboxylic acids is 1. The van der Waals surface area contributed by atoms with E-state index < -0.39 is 0 Å². The first-order valence-electron chi connectivity index (χ1n) is 6.53. The Kier molecular flexibility index (Phi) is 5.07. The van der Waals surface area contributed by atoms with Crippen LogP contribution in [0.15, 0.2) is 4.52 Å². The van der Waals surface area contributed by atoms with Crippen LogP contribution >= 0.6 is 11.8 Å². The van der Waals surface area contributed by atoms with Crippen molar-refractivity contribution in [3.63, 3.8) is 0 Å². The fourth-order valence-electron chi connectivity index (χ4n) is 2.30. The summed E-state index contributed by atoms with van der Waals surface area (Å²) in [5, 5.41) is 10.2. The summed E-state index contributed by atoms with van der Waals surface area (Å²) in [6, 6.07) is 0.118. The van der Waals surface area contributed by atoms with E-state index in [1.165, 1.54) is 12.8 Å². The molecule has 0 spiro atoms. The lowest BCUT2D eigenvalue weighted by atomic mass is 9.95. The lowest BCUT2D eigenvalue weighted by Crippen LogP contribution is -2.44. The zero-order valence-corrected chi connectivity index (χ0v) is 12.1. The Morgan fingerprint density at radius 3 is 3.05 bits per heavy atom. The maximum atomic E-state index is 11.8. The molecule has 1 aliphatic rings. The average Bonchev–Trinajstić information content (AvgIpc) is 2.82. The van der Waals surface area contributed by atoms with Crippen LogP contribution in [0.1, 0.15) is 37.4 Å². The van der Waals surface area contributed by atoms with Crippen LogP contribution in [0.2, 0.25) is 0 Å². The molecule has 2 N–H and O–H groups in total. The highest BCUT2D eigenvalue weighted by Crippen LogP contribution is 2.26. The maximum Gasteiger partial charge on any atom is 0.315 e. The van der Waals surface area contributed by atoms with Gasteiger partial charge in [-0.15, -0.1) is 0 Å². The number of urea groups is 1. The molecule has 0 unspecified atom stereocenters. The molecule has 7 heteroatoms. The van der Waals surface area contributed by atoms with Crippen LogP contribution in [0.3, 0.4) is 0 Å². The molecule has 1 saturated carbocycles. The van der Waals surface area contributed by atoms with Gasteiger partial charge in [0.15, 0.2) is 5.82 Å². The first-order chi connectivity index (χ1) is 9.17. The first kappa shape index (κ1) is 14.2. The minimum absolute atomic E-state index is 0.158. The van der Waals surface area contributed by atoms with Gasteiger partial charge < -0.3 is 15.2 Å². The molecule has 19 heavy (non-hydrogen) atoms. The smallest absolute Gasteiger partial charge is 0.315 e. The van der Waals surface area contributed by atoms with Crippen LogP contribution in [0.4, 0.5) is 4.79 Å². The van der Waals surface area contributed by atoms with Crippen LogP contribution in [0.25, 0.3) is 0 Å². The Hall–Kier alpha value is -1.24. The Balaban J connectivity index is 1.72. The summed E-state index contributed by atoms with van der Waals surface area (Å²) in [6.07, 6.45) is 6.68. The second kappa shape index (κ2) is 6.79. The van der Waals surface area contributed by atoms with Crippen molar-refractivity contribution in [1.82, 2.24) is 20.8 Å². The Labute approximate surface area is 117 Å². The molecule has 0 aliphatic heterocycles. The highest BCUT2D eigenvalue weighted by molar-refractivity contribution is 7.99. The van der Waals surface area contributed by atoms with E-state index in [4.69, 9.17) is 4.52 Å². The summed E-state index contributed by atoms with van der Waals surface area (Å²) < 4.78 is 4.84. The molecule has 0 bridgehead atoms. The second-order valence-electron chi connectivity index (χ2n) is 4.78. The van der Waals surface area contributed by atoms with E-state index in [1.54, 1.807) is 6.92 Å². The minimum atomic E-state index is -0.158. The molecular formula is C12H20N4O2S. The Bertz CT molecular complexity index is 424. The third-order valence-corrected chi connectivity index (χ3v) is 4.37. The number of aromatic nitrogens is 2. The monoisotopic (exact) mass is 284 g/mol. The topological polar surface area (TPSA) is 80.0 Å². The summed E-state index contributed by atoms with van der Waals surface area (Å²) >= 11 is 1.89. The maximum absolute atomic E-state index is 11.8. The van der Waals surface area contributed by atoms with Gasteiger partial charge >= 0.3 is 6.03 Å². The van der Waals surface area contributed by atoms with Crippen molar-refractivity contribution in [2.24, 2.45) is 0 Å². The van der Waals surface area contributed by atoms with Crippen LogP contribution in [-0.2, 0) is 6.54 Å². The molecule has 2 atom stereocenters. The van der Waals surface area contributed by atoms with Gasteiger partial charge in [0, 0.05) is 18.2 Å². The Morgan fingerprint density at radius 2 is 2.37 bits per heavy atom. The van der Waals surface area contributed by atoms with E-state index in [9.17, 15) is 4.79 Å². The third-order valence-electron chi connectivity index (χ3n) is 3.27. The van der Waals surface area contributed by atoms with Crippen LogP contribution < -0.4 is 10.6 Å². The van der Waals surface area contributed by atoms with E-state index in [1.807, 2.05) is 11.8 Å². The van der Waals surface area contributed by atoms with Crippen molar-refractivity contribution < 1.29 is 9.32 Å². The SMILES string of the molecule is CS[C@@H]1CCC[C@@H](NC(=O)NCc2noc(C)n2)C1. The number of aryl methyl sites for hydroxylation is 1. The molecule has 1 aromatic heterocycles. The molecule has 1 heterocycles. The zero-order valence-electron chi connectivity index (χ0n) is 11.3. The van der Waals surface area contributed by atoms with Crippen molar-refractivity contribution in [3.8, 4) is 0 Å². The van der Waals surface area contributed by atoms with Crippen molar-refractivity contribution in [3.05, 3.63) is 11.7 Å². The third kappa shape index (κ3) is 4.41. The number of rotatable bonds is 4. The van der Waals surface area contributed by atoms with E-state index in [0.29, 0.717) is 23.5 Å². The number of hydrogen-bond donors (Lipinski definition) is 2. The lowest BCUT2D eigenvalue weighted by Gasteiger charge is -2.28. The van der Waals surface area contributed by atoms with E-state index >= 15 is 0 Å². The van der Waals surface area contributed by atoms with Gasteiger partial charge in [0.2, 0.25) is 5.89 Å².